The Labute approximate surface area is 162 Å². The lowest BCUT2D eigenvalue weighted by Gasteiger charge is -2.26. The van der Waals surface area contributed by atoms with Gasteiger partial charge in [-0.05, 0) is 49.9 Å². The fourth-order valence-corrected chi connectivity index (χ4v) is 3.60. The number of ether oxygens (including phenoxy) is 4. The van der Waals surface area contributed by atoms with Crippen LogP contribution in [0.3, 0.4) is 0 Å². The maximum absolute atomic E-state index is 11.9. The summed E-state index contributed by atoms with van der Waals surface area (Å²) < 4.78 is 23.4. The molecule has 2 fully saturated rings. The number of rotatable bonds is 9. The average Bonchev–Trinajstić information content (AvgIpc) is 3.28. The van der Waals surface area contributed by atoms with E-state index >= 15 is 0 Å². The first-order valence-corrected chi connectivity index (χ1v) is 10.2. The lowest BCUT2D eigenvalue weighted by Crippen LogP contribution is -2.31. The summed E-state index contributed by atoms with van der Waals surface area (Å²) in [5.41, 5.74) is 0. The SMILES string of the molecule is CCC(C)C(=O)Oc1ccc(OC(OCC2CC3CCC2O3)C(C)C)cc1. The van der Waals surface area contributed by atoms with Crippen LogP contribution in [0.25, 0.3) is 0 Å². The summed E-state index contributed by atoms with van der Waals surface area (Å²) in [5, 5.41) is 0. The first kappa shape index (κ1) is 20.2. The number of hydrogen-bond donors (Lipinski definition) is 0. The van der Waals surface area contributed by atoms with E-state index in [2.05, 4.69) is 13.8 Å². The summed E-state index contributed by atoms with van der Waals surface area (Å²) in [6, 6.07) is 7.16. The molecular weight excluding hydrogens is 344 g/mol. The fourth-order valence-electron chi connectivity index (χ4n) is 3.60. The molecule has 2 saturated heterocycles. The van der Waals surface area contributed by atoms with Gasteiger partial charge >= 0.3 is 5.97 Å². The van der Waals surface area contributed by atoms with Gasteiger partial charge in [0, 0.05) is 11.8 Å². The van der Waals surface area contributed by atoms with Crippen molar-refractivity contribution in [3.8, 4) is 11.5 Å². The van der Waals surface area contributed by atoms with Crippen molar-refractivity contribution in [1.82, 2.24) is 0 Å². The molecule has 0 amide bonds. The summed E-state index contributed by atoms with van der Waals surface area (Å²) in [5.74, 6) is 1.65. The summed E-state index contributed by atoms with van der Waals surface area (Å²) in [7, 11) is 0. The van der Waals surface area contributed by atoms with E-state index in [0.717, 1.165) is 19.3 Å². The van der Waals surface area contributed by atoms with E-state index in [1.807, 2.05) is 26.0 Å². The molecule has 5 nitrogen and oxygen atoms in total. The zero-order valence-electron chi connectivity index (χ0n) is 16.9. The van der Waals surface area contributed by atoms with Gasteiger partial charge in [-0.3, -0.25) is 4.79 Å². The molecule has 2 heterocycles. The molecule has 5 heteroatoms. The van der Waals surface area contributed by atoms with Crippen LogP contribution in [0.1, 0.15) is 53.4 Å². The zero-order valence-corrected chi connectivity index (χ0v) is 16.9. The largest absolute Gasteiger partial charge is 0.465 e. The monoisotopic (exact) mass is 376 g/mol. The van der Waals surface area contributed by atoms with E-state index in [1.165, 1.54) is 6.42 Å². The van der Waals surface area contributed by atoms with Crippen molar-refractivity contribution in [3.63, 3.8) is 0 Å². The van der Waals surface area contributed by atoms with Gasteiger partial charge in [-0.2, -0.15) is 0 Å². The molecule has 1 aromatic rings. The van der Waals surface area contributed by atoms with Crippen molar-refractivity contribution < 1.29 is 23.7 Å². The molecule has 0 radical (unpaired) electrons. The highest BCUT2D eigenvalue weighted by molar-refractivity contribution is 5.74. The molecule has 2 bridgehead atoms. The lowest BCUT2D eigenvalue weighted by atomic mass is 9.90. The van der Waals surface area contributed by atoms with Crippen molar-refractivity contribution in [2.24, 2.45) is 17.8 Å². The number of carbonyl (C=O) groups is 1. The molecule has 0 aliphatic carbocycles. The van der Waals surface area contributed by atoms with Crippen molar-refractivity contribution in [3.05, 3.63) is 24.3 Å². The maximum Gasteiger partial charge on any atom is 0.314 e. The lowest BCUT2D eigenvalue weighted by molar-refractivity contribution is -0.138. The molecular formula is C22H32O5. The molecule has 0 saturated carbocycles. The van der Waals surface area contributed by atoms with E-state index in [0.29, 0.717) is 36.2 Å². The molecule has 5 atom stereocenters. The number of fused-ring (bicyclic) bond motifs is 2. The van der Waals surface area contributed by atoms with Gasteiger partial charge in [0.25, 0.3) is 0 Å². The van der Waals surface area contributed by atoms with Gasteiger partial charge in [0.15, 0.2) is 0 Å². The normalized spacial score (nSPS) is 26.2. The predicted octanol–water partition coefficient (Wildman–Crippen LogP) is 4.58. The Balaban J connectivity index is 1.51. The van der Waals surface area contributed by atoms with Gasteiger partial charge in [-0.1, -0.05) is 27.7 Å². The average molecular weight is 376 g/mol. The van der Waals surface area contributed by atoms with Gasteiger partial charge in [0.2, 0.25) is 6.29 Å². The molecule has 150 valence electrons. The van der Waals surface area contributed by atoms with Gasteiger partial charge < -0.3 is 18.9 Å². The second-order valence-electron chi connectivity index (χ2n) is 8.14. The second kappa shape index (κ2) is 9.07. The Kier molecular flexibility index (Phi) is 6.77. The highest BCUT2D eigenvalue weighted by Gasteiger charge is 2.41. The van der Waals surface area contributed by atoms with Crippen molar-refractivity contribution >= 4 is 5.97 Å². The minimum absolute atomic E-state index is 0.102. The van der Waals surface area contributed by atoms with E-state index in [1.54, 1.807) is 12.1 Å². The predicted molar refractivity (Wildman–Crippen MR) is 103 cm³/mol. The van der Waals surface area contributed by atoms with Crippen LogP contribution in [0.2, 0.25) is 0 Å². The van der Waals surface area contributed by atoms with Crippen LogP contribution in [0, 0.1) is 17.8 Å². The first-order valence-electron chi connectivity index (χ1n) is 10.2. The third kappa shape index (κ3) is 5.23. The standard InChI is InChI=1S/C22H32O5/c1-5-15(4)21(23)26-17-6-8-18(9-7-17)27-22(14(2)3)24-13-16-12-19-10-11-20(16)25-19/h6-9,14-16,19-20,22H,5,10-13H2,1-4H3. The Morgan fingerprint density at radius 1 is 1.15 bits per heavy atom. The molecule has 1 aromatic carbocycles. The minimum atomic E-state index is -0.308. The minimum Gasteiger partial charge on any atom is -0.465 e. The smallest absolute Gasteiger partial charge is 0.314 e. The first-order chi connectivity index (χ1) is 13.0. The molecule has 5 unspecified atom stereocenters. The van der Waals surface area contributed by atoms with Crippen LogP contribution in [-0.2, 0) is 14.3 Å². The zero-order chi connectivity index (χ0) is 19.4. The molecule has 27 heavy (non-hydrogen) atoms. The van der Waals surface area contributed by atoms with Crippen LogP contribution >= 0.6 is 0 Å². The summed E-state index contributed by atoms with van der Waals surface area (Å²) in [6.07, 6.45) is 4.71. The van der Waals surface area contributed by atoms with Crippen LogP contribution in [-0.4, -0.2) is 31.1 Å². The second-order valence-corrected chi connectivity index (χ2v) is 8.14. The Hall–Kier alpha value is -1.59. The van der Waals surface area contributed by atoms with E-state index in [9.17, 15) is 4.79 Å². The summed E-state index contributed by atoms with van der Waals surface area (Å²) in [4.78, 5) is 11.9. The van der Waals surface area contributed by atoms with Gasteiger partial charge in [-0.25, -0.2) is 0 Å². The van der Waals surface area contributed by atoms with E-state index < -0.39 is 0 Å². The Morgan fingerprint density at radius 2 is 1.85 bits per heavy atom. The highest BCUT2D eigenvalue weighted by Crippen LogP contribution is 2.39. The van der Waals surface area contributed by atoms with E-state index in [-0.39, 0.29) is 24.1 Å². The van der Waals surface area contributed by atoms with Crippen LogP contribution in [0.4, 0.5) is 0 Å². The highest BCUT2D eigenvalue weighted by atomic mass is 16.7. The number of carbonyl (C=O) groups excluding carboxylic acids is 1. The maximum atomic E-state index is 11.9. The summed E-state index contributed by atoms with van der Waals surface area (Å²) >= 11 is 0. The van der Waals surface area contributed by atoms with Gasteiger partial charge in [0.05, 0.1) is 24.7 Å². The topological polar surface area (TPSA) is 54.0 Å². The molecule has 3 rings (SSSR count). The molecule has 2 aliphatic rings. The van der Waals surface area contributed by atoms with Crippen LogP contribution in [0.15, 0.2) is 24.3 Å². The van der Waals surface area contributed by atoms with Gasteiger partial charge in [-0.15, -0.1) is 0 Å². The Bertz CT molecular complexity index is 612. The summed E-state index contributed by atoms with van der Waals surface area (Å²) in [6.45, 7) is 8.69. The van der Waals surface area contributed by atoms with Crippen molar-refractivity contribution in [2.45, 2.75) is 71.9 Å². The van der Waals surface area contributed by atoms with Crippen molar-refractivity contribution in [2.75, 3.05) is 6.61 Å². The fraction of sp³-hybridized carbons (Fsp3) is 0.682. The van der Waals surface area contributed by atoms with Gasteiger partial charge in [0.1, 0.15) is 11.5 Å². The Morgan fingerprint density at radius 3 is 2.41 bits per heavy atom. The third-order valence-electron chi connectivity index (χ3n) is 5.56. The quantitative estimate of drug-likeness (QED) is 0.359. The number of benzene rings is 1. The van der Waals surface area contributed by atoms with Crippen LogP contribution in [0.5, 0.6) is 11.5 Å². The number of hydrogen-bond acceptors (Lipinski definition) is 5. The molecule has 2 aliphatic heterocycles. The van der Waals surface area contributed by atoms with Crippen molar-refractivity contribution in [1.29, 1.82) is 0 Å². The molecule has 0 aromatic heterocycles. The van der Waals surface area contributed by atoms with E-state index in [4.69, 9.17) is 18.9 Å². The van der Waals surface area contributed by atoms with Crippen LogP contribution < -0.4 is 9.47 Å². The molecule has 0 N–H and O–H groups in total. The number of esters is 1. The third-order valence-corrected chi connectivity index (χ3v) is 5.56. The molecule has 0 spiro atoms.